The lowest BCUT2D eigenvalue weighted by Gasteiger charge is -2.34. The van der Waals surface area contributed by atoms with Gasteiger partial charge in [-0.05, 0) is 95.7 Å². The van der Waals surface area contributed by atoms with Gasteiger partial charge in [0.15, 0.2) is 0 Å². The number of amides is 4. The third kappa shape index (κ3) is 6.34. The van der Waals surface area contributed by atoms with E-state index in [1.54, 1.807) is 28.1 Å². The topological polar surface area (TPSA) is 131 Å². The van der Waals surface area contributed by atoms with E-state index < -0.39 is 11.6 Å². The molecule has 12 heteroatoms. The minimum absolute atomic E-state index is 0.0779. The van der Waals surface area contributed by atoms with Crippen molar-refractivity contribution < 1.29 is 19.1 Å². The molecule has 2 aromatic carbocycles. The van der Waals surface area contributed by atoms with Gasteiger partial charge >= 0.3 is 6.03 Å². The molecule has 0 bridgehead atoms. The molecule has 1 saturated heterocycles. The van der Waals surface area contributed by atoms with Gasteiger partial charge in [0.2, 0.25) is 0 Å². The third-order valence-corrected chi connectivity index (χ3v) is 9.98. The number of rotatable bonds is 8. The maximum atomic E-state index is 13.7. The van der Waals surface area contributed by atoms with Crippen LogP contribution in [0.1, 0.15) is 41.9 Å². The molecule has 48 heavy (non-hydrogen) atoms. The molecular weight excluding hydrogens is 627 g/mol. The number of thiophene rings is 1. The standard InChI is InChI=1S/C36H37N7O4S/c1-22-18-26(47-25-11-7-6-8-12-25)13-14-27(22)43-28-15-16-38-33-29(28)30(40-35(43)46)31(48-33)32(44)39-24-10-9-17-42(21-24)34(45)23(20-37)19-36(2,3)41(4)5/h6-8,11-16,18-19,24H,9-10,17,21H2,1-5H3,(H,39,44)(H,40,46). The number of hydrogen-bond acceptors (Lipinski definition) is 8. The fraction of sp³-hybridized carbons (Fsp3) is 0.306. The van der Waals surface area contributed by atoms with Crippen LogP contribution in [0.2, 0.25) is 0 Å². The Bertz CT molecular complexity index is 1980. The summed E-state index contributed by atoms with van der Waals surface area (Å²) < 4.78 is 5.99. The van der Waals surface area contributed by atoms with E-state index in [1.165, 1.54) is 11.3 Å². The third-order valence-electron chi connectivity index (χ3n) is 8.89. The number of anilines is 3. The van der Waals surface area contributed by atoms with Gasteiger partial charge in [-0.2, -0.15) is 5.26 Å². The van der Waals surface area contributed by atoms with Crippen molar-refractivity contribution in [2.75, 3.05) is 37.4 Å². The summed E-state index contributed by atoms with van der Waals surface area (Å²) in [6, 6.07) is 18.1. The van der Waals surface area contributed by atoms with Crippen molar-refractivity contribution in [1.82, 2.24) is 20.1 Å². The van der Waals surface area contributed by atoms with E-state index >= 15 is 0 Å². The molecule has 6 rings (SSSR count). The Morgan fingerprint density at radius 1 is 1.15 bits per heavy atom. The van der Waals surface area contributed by atoms with Crippen LogP contribution in [-0.4, -0.2) is 71.4 Å². The molecule has 0 saturated carbocycles. The lowest BCUT2D eigenvalue weighted by atomic mass is 9.98. The summed E-state index contributed by atoms with van der Waals surface area (Å²) in [5, 5.41) is 16.5. The predicted molar refractivity (Wildman–Crippen MR) is 187 cm³/mol. The first-order valence-corrected chi connectivity index (χ1v) is 16.5. The van der Waals surface area contributed by atoms with Crippen molar-refractivity contribution in [3.63, 3.8) is 0 Å². The highest BCUT2D eigenvalue weighted by molar-refractivity contribution is 7.21. The summed E-state index contributed by atoms with van der Waals surface area (Å²) >= 11 is 1.21. The van der Waals surface area contributed by atoms with Crippen molar-refractivity contribution in [1.29, 1.82) is 5.26 Å². The predicted octanol–water partition coefficient (Wildman–Crippen LogP) is 6.59. The minimum atomic E-state index is -0.488. The first-order chi connectivity index (χ1) is 23.0. The Kier molecular flexibility index (Phi) is 8.92. The van der Waals surface area contributed by atoms with E-state index in [0.717, 1.165) is 5.56 Å². The minimum Gasteiger partial charge on any atom is -0.457 e. The summed E-state index contributed by atoms with van der Waals surface area (Å²) in [5.41, 5.74) is 2.14. The Labute approximate surface area is 283 Å². The molecule has 4 aromatic rings. The highest BCUT2D eigenvalue weighted by Crippen LogP contribution is 2.46. The summed E-state index contributed by atoms with van der Waals surface area (Å²) in [4.78, 5) is 51.4. The average Bonchev–Trinajstić information content (AvgIpc) is 3.44. The van der Waals surface area contributed by atoms with E-state index in [0.29, 0.717) is 63.0 Å². The van der Waals surface area contributed by atoms with Gasteiger partial charge in [-0.15, -0.1) is 11.3 Å². The van der Waals surface area contributed by atoms with Crippen LogP contribution in [0.5, 0.6) is 11.5 Å². The Morgan fingerprint density at radius 3 is 2.62 bits per heavy atom. The van der Waals surface area contributed by atoms with Gasteiger partial charge in [-0.3, -0.25) is 14.5 Å². The van der Waals surface area contributed by atoms with Crippen molar-refractivity contribution in [2.45, 2.75) is 45.2 Å². The average molecular weight is 664 g/mol. The van der Waals surface area contributed by atoms with Crippen LogP contribution in [0.4, 0.5) is 21.9 Å². The number of hydrogen-bond donors (Lipinski definition) is 2. The van der Waals surface area contributed by atoms with E-state index in [-0.39, 0.29) is 30.0 Å². The molecule has 0 radical (unpaired) electrons. The molecule has 0 spiro atoms. The number of para-hydroxylation sites is 1. The van der Waals surface area contributed by atoms with Gasteiger partial charge in [-0.25, -0.2) is 9.78 Å². The van der Waals surface area contributed by atoms with Gasteiger partial charge in [0.1, 0.15) is 32.8 Å². The quantitative estimate of drug-likeness (QED) is 0.161. The monoisotopic (exact) mass is 663 g/mol. The molecule has 2 N–H and O–H groups in total. The largest absolute Gasteiger partial charge is 0.457 e. The number of likely N-dealkylation sites (tertiary alicyclic amines) is 1. The van der Waals surface area contributed by atoms with E-state index in [2.05, 4.69) is 21.7 Å². The molecule has 2 aromatic heterocycles. The number of likely N-dealkylation sites (N-methyl/N-ethyl adjacent to an activating group) is 1. The number of nitrogens with zero attached hydrogens (tertiary/aromatic N) is 5. The number of aromatic nitrogens is 1. The number of piperidine rings is 1. The van der Waals surface area contributed by atoms with Crippen molar-refractivity contribution in [2.24, 2.45) is 0 Å². The maximum absolute atomic E-state index is 13.7. The highest BCUT2D eigenvalue weighted by atomic mass is 32.1. The maximum Gasteiger partial charge on any atom is 0.331 e. The van der Waals surface area contributed by atoms with Crippen LogP contribution < -0.4 is 20.3 Å². The Hall–Kier alpha value is -5.25. The Morgan fingerprint density at radius 2 is 1.92 bits per heavy atom. The zero-order valence-corrected chi connectivity index (χ0v) is 28.4. The number of pyridine rings is 1. The van der Waals surface area contributed by atoms with Crippen molar-refractivity contribution in [3.8, 4) is 17.6 Å². The van der Waals surface area contributed by atoms with Crippen molar-refractivity contribution in [3.05, 3.63) is 82.9 Å². The SMILES string of the molecule is Cc1cc(Oc2ccccc2)ccc1N1C(=O)Nc2c(C(=O)NC3CCCN(C(=O)C(C#N)=CC(C)(C)N(C)C)C3)sc3nccc1c23. The first kappa shape index (κ1) is 32.7. The molecule has 4 heterocycles. The highest BCUT2D eigenvalue weighted by Gasteiger charge is 2.35. The van der Waals surface area contributed by atoms with Gasteiger partial charge < -0.3 is 25.2 Å². The molecule has 2 aliphatic rings. The van der Waals surface area contributed by atoms with Crippen LogP contribution in [0.25, 0.3) is 10.2 Å². The van der Waals surface area contributed by atoms with Crippen molar-refractivity contribution >= 4 is 56.5 Å². The molecule has 1 fully saturated rings. The number of benzene rings is 2. The fourth-order valence-corrected chi connectivity index (χ4v) is 6.90. The first-order valence-electron chi connectivity index (χ1n) is 15.7. The number of nitrogens with one attached hydrogen (secondary N) is 2. The van der Waals surface area contributed by atoms with Gasteiger partial charge in [0.25, 0.3) is 11.8 Å². The van der Waals surface area contributed by atoms with Crippen LogP contribution in [-0.2, 0) is 4.79 Å². The molecule has 1 atom stereocenters. The van der Waals surface area contributed by atoms with Crippen LogP contribution in [0, 0.1) is 18.3 Å². The summed E-state index contributed by atoms with van der Waals surface area (Å²) in [7, 11) is 3.78. The van der Waals surface area contributed by atoms with E-state index in [1.807, 2.05) is 88.3 Å². The van der Waals surface area contributed by atoms with Crippen LogP contribution in [0.15, 0.2) is 72.4 Å². The summed E-state index contributed by atoms with van der Waals surface area (Å²) in [6.07, 6.45) is 4.68. The Balaban J connectivity index is 1.22. The number of ether oxygens (including phenoxy) is 1. The van der Waals surface area contributed by atoms with Gasteiger partial charge in [0.05, 0.1) is 22.4 Å². The van der Waals surface area contributed by atoms with Gasteiger partial charge in [0, 0.05) is 30.9 Å². The summed E-state index contributed by atoms with van der Waals surface area (Å²) in [5.74, 6) is 0.662. The second-order valence-corrected chi connectivity index (χ2v) is 13.7. The zero-order valence-electron chi connectivity index (χ0n) is 27.5. The lowest BCUT2D eigenvalue weighted by Crippen LogP contribution is -2.50. The number of carbonyl (C=O) groups is 3. The summed E-state index contributed by atoms with van der Waals surface area (Å²) in [6.45, 7) is 6.56. The van der Waals surface area contributed by atoms with Crippen LogP contribution >= 0.6 is 11.3 Å². The number of aryl methyl sites for hydroxylation is 1. The fourth-order valence-electron chi connectivity index (χ4n) is 5.88. The molecule has 11 nitrogen and oxygen atoms in total. The molecule has 4 amide bonds. The van der Waals surface area contributed by atoms with Gasteiger partial charge in [-0.1, -0.05) is 18.2 Å². The number of urea groups is 1. The second kappa shape index (κ2) is 13.1. The number of carbonyl (C=O) groups excluding carboxylic acids is 3. The normalized spacial score (nSPS) is 16.5. The van der Waals surface area contributed by atoms with Crippen LogP contribution in [0.3, 0.4) is 0 Å². The molecular formula is C36H37N7O4S. The smallest absolute Gasteiger partial charge is 0.331 e. The molecule has 0 aliphatic carbocycles. The zero-order chi connectivity index (χ0) is 34.2. The molecule has 246 valence electrons. The van der Waals surface area contributed by atoms with E-state index in [9.17, 15) is 19.6 Å². The lowest BCUT2D eigenvalue weighted by molar-refractivity contribution is -0.128. The van der Waals surface area contributed by atoms with E-state index in [4.69, 9.17) is 4.74 Å². The second-order valence-electron chi connectivity index (χ2n) is 12.7. The molecule has 1 unspecified atom stereocenters. The number of nitriles is 1. The molecule has 2 aliphatic heterocycles.